The van der Waals surface area contributed by atoms with Crippen molar-refractivity contribution in [2.75, 3.05) is 0 Å². The van der Waals surface area contributed by atoms with Gasteiger partial charge in [0.05, 0.1) is 10.8 Å². The fraction of sp³-hybridized carbons (Fsp3) is 0.179. The van der Waals surface area contributed by atoms with Gasteiger partial charge in [-0.2, -0.15) is 0 Å². The Labute approximate surface area is 276 Å². The van der Waals surface area contributed by atoms with Crippen LogP contribution in [0.25, 0.3) is 32.7 Å². The van der Waals surface area contributed by atoms with Crippen molar-refractivity contribution in [2.45, 2.75) is 46.5 Å². The van der Waals surface area contributed by atoms with Crippen LogP contribution in [-0.2, 0) is 12.8 Å². The van der Waals surface area contributed by atoms with Gasteiger partial charge in [-0.1, -0.05) is 112 Å². The average Bonchev–Trinajstić information content (AvgIpc) is 3.08. The summed E-state index contributed by atoms with van der Waals surface area (Å²) in [5.74, 6) is -5.75. The fourth-order valence-corrected chi connectivity index (χ4v) is 5.23. The van der Waals surface area contributed by atoms with E-state index in [2.05, 4.69) is 13.8 Å². The lowest BCUT2D eigenvalue weighted by Crippen LogP contribution is -2.29. The molecule has 0 aliphatic rings. The Morgan fingerprint density at radius 2 is 0.938 bits per heavy atom. The molecule has 2 nitrogen and oxygen atoms in total. The van der Waals surface area contributed by atoms with Gasteiger partial charge in [0.2, 0.25) is 0 Å². The summed E-state index contributed by atoms with van der Waals surface area (Å²) in [6.45, 7) is 5.72. The first-order valence-corrected chi connectivity index (χ1v) is 15.6. The van der Waals surface area contributed by atoms with Crippen LogP contribution in [0, 0.1) is 41.8 Å². The molecule has 6 rings (SSSR count). The normalized spacial score (nSPS) is 10.7. The van der Waals surface area contributed by atoms with Crippen LogP contribution in [0.15, 0.2) is 97.1 Å². The predicted molar refractivity (Wildman–Crippen MR) is 182 cm³/mol. The van der Waals surface area contributed by atoms with Gasteiger partial charge in [-0.3, -0.25) is 0 Å². The first-order chi connectivity index (χ1) is 23.0. The Morgan fingerprint density at radius 3 is 1.42 bits per heavy atom. The highest BCUT2D eigenvalue weighted by molar-refractivity contribution is 6.58. The first kappa shape index (κ1) is 36.2. The molecule has 9 heteroatoms. The molecule has 0 radical (unpaired) electrons. The van der Waals surface area contributed by atoms with Crippen molar-refractivity contribution in [3.63, 3.8) is 0 Å². The molecule has 0 aromatic heterocycles. The Balaban J connectivity index is 0.000000173. The summed E-state index contributed by atoms with van der Waals surface area (Å²) in [4.78, 5) is 0. The molecule has 0 atom stereocenters. The molecule has 0 amide bonds. The van der Waals surface area contributed by atoms with Crippen LogP contribution in [-0.4, -0.2) is 17.2 Å². The van der Waals surface area contributed by atoms with Gasteiger partial charge in [-0.25, -0.2) is 26.3 Å². The second-order valence-electron chi connectivity index (χ2n) is 11.4. The molecule has 0 spiro atoms. The van der Waals surface area contributed by atoms with E-state index in [0.717, 1.165) is 37.8 Å². The molecule has 0 heterocycles. The highest BCUT2D eigenvalue weighted by atomic mass is 19.2. The second-order valence-corrected chi connectivity index (χ2v) is 11.4. The zero-order valence-electron chi connectivity index (χ0n) is 26.8. The molecule has 248 valence electrons. The van der Waals surface area contributed by atoms with E-state index in [4.69, 9.17) is 10.0 Å². The topological polar surface area (TPSA) is 40.5 Å². The van der Waals surface area contributed by atoms with Crippen molar-refractivity contribution in [1.29, 1.82) is 0 Å². The van der Waals surface area contributed by atoms with Gasteiger partial charge in [-0.05, 0) is 70.4 Å². The lowest BCUT2D eigenvalue weighted by atomic mass is 9.80. The third-order valence-corrected chi connectivity index (χ3v) is 7.84. The van der Waals surface area contributed by atoms with Crippen LogP contribution in [0.1, 0.15) is 43.4 Å². The minimum absolute atomic E-state index is 0.273. The Bertz CT molecular complexity index is 1950. The number of benzene rings is 6. The summed E-state index contributed by atoms with van der Waals surface area (Å²) in [5, 5.41) is 17.7. The third kappa shape index (κ3) is 8.46. The Hall–Kier alpha value is -4.60. The Morgan fingerprint density at radius 1 is 0.500 bits per heavy atom. The van der Waals surface area contributed by atoms with Crippen molar-refractivity contribution in [1.82, 2.24) is 0 Å². The van der Waals surface area contributed by atoms with Gasteiger partial charge in [-0.15, -0.1) is 0 Å². The number of aryl methyl sites for hydroxylation is 3. The van der Waals surface area contributed by atoms with Gasteiger partial charge < -0.3 is 10.0 Å². The second kappa shape index (κ2) is 16.5. The van der Waals surface area contributed by atoms with Gasteiger partial charge in [0.25, 0.3) is 0 Å². The highest BCUT2D eigenvalue weighted by Crippen LogP contribution is 2.32. The number of hydrogen-bond donors (Lipinski definition) is 2. The van der Waals surface area contributed by atoms with Crippen molar-refractivity contribution >= 4 is 34.1 Å². The standard InChI is InChI=1S/C19H15F3.C11H7F3.C9H13BO2/c1-2-3-12-4-6-13(7-5-12)15-10-8-14-9-11-16(20)19(22)17(14)18(15)21;1-6-2-3-7-4-5-8(12)11(14)9(7)10(6)13;1-2-3-8-4-6-9(7-5-8)10(11)12/h4-11H,2-3H2,1H3;2-5H,1H3;4-7,11-12H,2-3H2,1H3. The highest BCUT2D eigenvalue weighted by Gasteiger charge is 2.16. The van der Waals surface area contributed by atoms with E-state index in [1.54, 1.807) is 30.3 Å². The largest absolute Gasteiger partial charge is 0.488 e. The van der Waals surface area contributed by atoms with Crippen LogP contribution in [0.2, 0.25) is 0 Å². The zero-order chi connectivity index (χ0) is 35.0. The SMILES string of the molecule is CCCc1ccc(-c2ccc3ccc(F)c(F)c3c2F)cc1.CCCc1ccc(B(O)O)cc1.Cc1ccc2ccc(F)c(F)c2c1F. The van der Waals surface area contributed by atoms with Crippen molar-refractivity contribution in [3.8, 4) is 11.1 Å². The summed E-state index contributed by atoms with van der Waals surface area (Å²) in [5.41, 5.74) is 4.20. The molecule has 0 fully saturated rings. The summed E-state index contributed by atoms with van der Waals surface area (Å²) >= 11 is 0. The molecule has 6 aromatic carbocycles. The number of fused-ring (bicyclic) bond motifs is 2. The lowest BCUT2D eigenvalue weighted by molar-refractivity contribution is 0.426. The zero-order valence-corrected chi connectivity index (χ0v) is 26.8. The smallest absolute Gasteiger partial charge is 0.423 e. The van der Waals surface area contributed by atoms with Crippen LogP contribution in [0.5, 0.6) is 0 Å². The minimum Gasteiger partial charge on any atom is -0.423 e. The van der Waals surface area contributed by atoms with Crippen LogP contribution in [0.4, 0.5) is 26.3 Å². The fourth-order valence-electron chi connectivity index (χ4n) is 5.23. The summed E-state index contributed by atoms with van der Waals surface area (Å²) in [7, 11) is -1.35. The number of hydrogen-bond acceptors (Lipinski definition) is 2. The average molecular weight is 661 g/mol. The van der Waals surface area contributed by atoms with Crippen molar-refractivity contribution < 1.29 is 36.4 Å². The van der Waals surface area contributed by atoms with Crippen LogP contribution < -0.4 is 5.46 Å². The molecule has 48 heavy (non-hydrogen) atoms. The van der Waals surface area contributed by atoms with E-state index in [-0.39, 0.29) is 16.3 Å². The van der Waals surface area contributed by atoms with E-state index in [1.165, 1.54) is 36.2 Å². The molecule has 0 aliphatic heterocycles. The molecule has 0 saturated carbocycles. The maximum atomic E-state index is 14.6. The van der Waals surface area contributed by atoms with Gasteiger partial charge in [0.15, 0.2) is 23.3 Å². The van der Waals surface area contributed by atoms with Crippen molar-refractivity contribution in [2.24, 2.45) is 0 Å². The summed E-state index contributed by atoms with van der Waals surface area (Å²) in [6.07, 6.45) is 4.15. The monoisotopic (exact) mass is 660 g/mol. The quantitative estimate of drug-likeness (QED) is 0.138. The predicted octanol–water partition coefficient (Wildman–Crippen LogP) is 9.76. The number of rotatable bonds is 6. The van der Waals surface area contributed by atoms with E-state index >= 15 is 0 Å². The van der Waals surface area contributed by atoms with Crippen LogP contribution in [0.3, 0.4) is 0 Å². The minimum atomic E-state index is -1.35. The van der Waals surface area contributed by atoms with Gasteiger partial charge in [0.1, 0.15) is 11.6 Å². The molecular formula is C39H35BF6O2. The molecule has 0 unspecified atom stereocenters. The Kier molecular flexibility index (Phi) is 12.4. The third-order valence-electron chi connectivity index (χ3n) is 7.84. The molecule has 2 N–H and O–H groups in total. The van der Waals surface area contributed by atoms with E-state index < -0.39 is 42.0 Å². The molecular weight excluding hydrogens is 625 g/mol. The number of halogens is 6. The van der Waals surface area contributed by atoms with E-state index in [9.17, 15) is 26.3 Å². The van der Waals surface area contributed by atoms with Gasteiger partial charge >= 0.3 is 7.12 Å². The molecule has 0 aliphatic carbocycles. The molecule has 0 saturated heterocycles. The van der Waals surface area contributed by atoms with Crippen LogP contribution >= 0.6 is 0 Å². The molecule has 6 aromatic rings. The van der Waals surface area contributed by atoms with Gasteiger partial charge in [0, 0.05) is 5.56 Å². The lowest BCUT2D eigenvalue weighted by Gasteiger charge is -2.09. The summed E-state index contributed by atoms with van der Waals surface area (Å²) in [6, 6.07) is 25.9. The van der Waals surface area contributed by atoms with E-state index in [0.29, 0.717) is 27.4 Å². The molecule has 0 bridgehead atoms. The summed E-state index contributed by atoms with van der Waals surface area (Å²) < 4.78 is 81.4. The van der Waals surface area contributed by atoms with Crippen molar-refractivity contribution in [3.05, 3.63) is 149 Å². The maximum Gasteiger partial charge on any atom is 0.488 e. The first-order valence-electron chi connectivity index (χ1n) is 15.6. The maximum absolute atomic E-state index is 14.6. The van der Waals surface area contributed by atoms with E-state index in [1.807, 2.05) is 36.4 Å².